The minimum absolute atomic E-state index is 0.226. The summed E-state index contributed by atoms with van der Waals surface area (Å²) >= 11 is 3.30. The number of aromatic nitrogens is 1. The van der Waals surface area contributed by atoms with E-state index in [4.69, 9.17) is 0 Å². The minimum atomic E-state index is -0.276. The lowest BCUT2D eigenvalue weighted by atomic mass is 10.2. The second kappa shape index (κ2) is 8.92. The van der Waals surface area contributed by atoms with Gasteiger partial charge in [0.05, 0.1) is 4.70 Å². The third-order valence-corrected chi connectivity index (χ3v) is 6.99. The van der Waals surface area contributed by atoms with E-state index in [1.165, 1.54) is 22.3 Å². The maximum absolute atomic E-state index is 13.9. The summed E-state index contributed by atoms with van der Waals surface area (Å²) in [6, 6.07) is 15.3. The van der Waals surface area contributed by atoms with E-state index in [2.05, 4.69) is 22.0 Å². The molecule has 0 bridgehead atoms. The predicted molar refractivity (Wildman–Crippen MR) is 115 cm³/mol. The highest BCUT2D eigenvalue weighted by Gasteiger charge is 2.23. The highest BCUT2D eigenvalue weighted by molar-refractivity contribution is 7.99. The maximum atomic E-state index is 13.9. The van der Waals surface area contributed by atoms with Gasteiger partial charge < -0.3 is 9.80 Å². The second-order valence-electron chi connectivity index (χ2n) is 6.72. The Kier molecular flexibility index (Phi) is 6.12. The molecule has 7 heteroatoms. The fourth-order valence-corrected chi connectivity index (χ4v) is 5.18. The molecular weight excluding hydrogens is 393 g/mol. The molecule has 0 N–H and O–H groups in total. The Balaban J connectivity index is 1.24. The van der Waals surface area contributed by atoms with Crippen molar-refractivity contribution in [1.29, 1.82) is 0 Å². The van der Waals surface area contributed by atoms with Gasteiger partial charge in [-0.25, -0.2) is 9.37 Å². The number of thioether (sulfide) groups is 1. The van der Waals surface area contributed by atoms with Crippen LogP contribution in [0.1, 0.15) is 12.8 Å². The number of amides is 1. The van der Waals surface area contributed by atoms with Crippen molar-refractivity contribution >= 4 is 44.4 Å². The van der Waals surface area contributed by atoms with Crippen LogP contribution in [-0.4, -0.2) is 47.7 Å². The fraction of sp³-hybridized carbons (Fsp3) is 0.333. The van der Waals surface area contributed by atoms with Gasteiger partial charge in [-0.15, -0.1) is 11.8 Å². The molecule has 4 rings (SSSR count). The normalized spacial score (nSPS) is 14.6. The zero-order valence-electron chi connectivity index (χ0n) is 15.5. The zero-order valence-corrected chi connectivity index (χ0v) is 17.1. The molecule has 1 aliphatic heterocycles. The Morgan fingerprint density at radius 3 is 2.61 bits per heavy atom. The number of anilines is 1. The minimum Gasteiger partial charge on any atom is -0.345 e. The van der Waals surface area contributed by atoms with Crippen molar-refractivity contribution in [2.75, 3.05) is 36.8 Å². The van der Waals surface area contributed by atoms with E-state index in [1.807, 2.05) is 29.2 Å². The molecule has 146 valence electrons. The van der Waals surface area contributed by atoms with Crippen molar-refractivity contribution in [2.45, 2.75) is 17.7 Å². The highest BCUT2D eigenvalue weighted by Crippen LogP contribution is 2.30. The van der Waals surface area contributed by atoms with Crippen molar-refractivity contribution in [3.05, 3.63) is 54.3 Å². The van der Waals surface area contributed by atoms with Crippen LogP contribution in [0.3, 0.4) is 0 Å². The molecule has 1 fully saturated rings. The lowest BCUT2D eigenvalue weighted by Crippen LogP contribution is -2.48. The van der Waals surface area contributed by atoms with Crippen molar-refractivity contribution in [3.8, 4) is 0 Å². The first-order valence-corrected chi connectivity index (χ1v) is 11.3. The number of carbonyl (C=O) groups excluding carboxylic acids is 1. The van der Waals surface area contributed by atoms with Crippen LogP contribution in [0.5, 0.6) is 0 Å². The third-order valence-electron chi connectivity index (χ3n) is 4.81. The number of piperazine rings is 1. The summed E-state index contributed by atoms with van der Waals surface area (Å²) < 4.78 is 14.7. The van der Waals surface area contributed by atoms with Crippen LogP contribution in [0, 0.1) is 5.82 Å². The van der Waals surface area contributed by atoms with Crippen molar-refractivity contribution < 1.29 is 9.18 Å². The first-order chi connectivity index (χ1) is 13.7. The van der Waals surface area contributed by atoms with Gasteiger partial charge in [-0.1, -0.05) is 35.6 Å². The number of hydrogen-bond acceptors (Lipinski definition) is 5. The number of thiazole rings is 1. The lowest BCUT2D eigenvalue weighted by Gasteiger charge is -2.34. The number of para-hydroxylation sites is 1. The number of fused-ring (bicyclic) bond motifs is 1. The third kappa shape index (κ3) is 4.47. The zero-order chi connectivity index (χ0) is 19.3. The van der Waals surface area contributed by atoms with Crippen LogP contribution < -0.4 is 4.90 Å². The van der Waals surface area contributed by atoms with Gasteiger partial charge in [0.15, 0.2) is 5.13 Å². The molecule has 0 radical (unpaired) electrons. The Labute approximate surface area is 172 Å². The lowest BCUT2D eigenvalue weighted by molar-refractivity contribution is -0.131. The van der Waals surface area contributed by atoms with Crippen LogP contribution >= 0.6 is 23.1 Å². The molecule has 3 aromatic rings. The Morgan fingerprint density at radius 1 is 1.07 bits per heavy atom. The number of halogens is 1. The summed E-state index contributed by atoms with van der Waals surface area (Å²) in [5.74, 6) is 0.901. The van der Waals surface area contributed by atoms with Crippen LogP contribution in [0.4, 0.5) is 9.52 Å². The summed E-state index contributed by atoms with van der Waals surface area (Å²) in [5.41, 5.74) is 0.442. The fourth-order valence-electron chi connectivity index (χ4n) is 3.27. The van der Waals surface area contributed by atoms with E-state index >= 15 is 0 Å². The number of benzene rings is 2. The molecule has 1 saturated heterocycles. The number of carbonyl (C=O) groups is 1. The molecule has 0 saturated carbocycles. The van der Waals surface area contributed by atoms with E-state index in [0.717, 1.165) is 35.1 Å². The van der Waals surface area contributed by atoms with Crippen molar-refractivity contribution in [1.82, 2.24) is 9.88 Å². The first-order valence-electron chi connectivity index (χ1n) is 9.46. The summed E-state index contributed by atoms with van der Waals surface area (Å²) in [4.78, 5) is 22.3. The largest absolute Gasteiger partial charge is 0.345 e. The van der Waals surface area contributed by atoms with Gasteiger partial charge in [0.1, 0.15) is 11.3 Å². The summed E-state index contributed by atoms with van der Waals surface area (Å²) in [6.45, 7) is 2.88. The average molecular weight is 416 g/mol. The van der Waals surface area contributed by atoms with Gasteiger partial charge in [-0.05, 0) is 36.4 Å². The molecule has 2 aromatic carbocycles. The molecular formula is C21H22FN3OS2. The van der Waals surface area contributed by atoms with E-state index in [1.54, 1.807) is 17.8 Å². The van der Waals surface area contributed by atoms with Gasteiger partial charge in [0.25, 0.3) is 0 Å². The first kappa shape index (κ1) is 19.2. The monoisotopic (exact) mass is 415 g/mol. The molecule has 0 aliphatic carbocycles. The number of hydrogen-bond donors (Lipinski definition) is 0. The molecule has 1 aromatic heterocycles. The van der Waals surface area contributed by atoms with Crippen molar-refractivity contribution in [2.24, 2.45) is 0 Å². The molecule has 1 amide bonds. The molecule has 1 aliphatic rings. The van der Waals surface area contributed by atoms with E-state index in [0.29, 0.717) is 25.0 Å². The standard InChI is InChI=1S/C21H22FN3OS2/c22-17-8-4-9-18-20(17)23-21(28-18)25-13-11-24(12-14-25)19(26)10-5-15-27-16-6-2-1-3-7-16/h1-4,6-9H,5,10-15H2. The van der Waals surface area contributed by atoms with Gasteiger partial charge in [0.2, 0.25) is 5.91 Å². The van der Waals surface area contributed by atoms with Crippen LogP contribution in [-0.2, 0) is 4.79 Å². The van der Waals surface area contributed by atoms with E-state index in [-0.39, 0.29) is 11.7 Å². The smallest absolute Gasteiger partial charge is 0.222 e. The molecule has 4 nitrogen and oxygen atoms in total. The van der Waals surface area contributed by atoms with Gasteiger partial charge >= 0.3 is 0 Å². The quantitative estimate of drug-likeness (QED) is 0.434. The van der Waals surface area contributed by atoms with Crippen LogP contribution in [0.2, 0.25) is 0 Å². The van der Waals surface area contributed by atoms with Gasteiger partial charge in [-0.3, -0.25) is 4.79 Å². The van der Waals surface area contributed by atoms with Crippen LogP contribution in [0.25, 0.3) is 10.2 Å². The second-order valence-corrected chi connectivity index (χ2v) is 8.89. The topological polar surface area (TPSA) is 36.4 Å². The van der Waals surface area contributed by atoms with E-state index in [9.17, 15) is 9.18 Å². The Bertz CT molecular complexity index is 939. The molecule has 0 spiro atoms. The SMILES string of the molecule is O=C(CCCSc1ccccc1)N1CCN(c2nc3c(F)cccc3s2)CC1. The summed E-state index contributed by atoms with van der Waals surface area (Å²) in [6.07, 6.45) is 1.47. The number of rotatable bonds is 6. The van der Waals surface area contributed by atoms with Gasteiger partial charge in [0, 0.05) is 37.5 Å². The van der Waals surface area contributed by atoms with Crippen LogP contribution in [0.15, 0.2) is 53.4 Å². The maximum Gasteiger partial charge on any atom is 0.222 e. The summed E-state index contributed by atoms with van der Waals surface area (Å²) in [7, 11) is 0. The predicted octanol–water partition coefficient (Wildman–Crippen LogP) is 4.66. The van der Waals surface area contributed by atoms with Crippen molar-refractivity contribution in [3.63, 3.8) is 0 Å². The summed E-state index contributed by atoms with van der Waals surface area (Å²) in [5, 5.41) is 0.839. The highest BCUT2D eigenvalue weighted by atomic mass is 32.2. The number of nitrogens with zero attached hydrogens (tertiary/aromatic N) is 3. The molecule has 2 heterocycles. The Hall–Kier alpha value is -2.12. The van der Waals surface area contributed by atoms with E-state index < -0.39 is 0 Å². The average Bonchev–Trinajstić information content (AvgIpc) is 3.18. The molecule has 28 heavy (non-hydrogen) atoms. The Morgan fingerprint density at radius 2 is 1.86 bits per heavy atom. The molecule has 0 atom stereocenters. The van der Waals surface area contributed by atoms with Gasteiger partial charge in [-0.2, -0.15) is 0 Å². The molecule has 0 unspecified atom stereocenters.